The molecule has 1 heterocycles. The summed E-state index contributed by atoms with van der Waals surface area (Å²) in [6.07, 6.45) is 2.13. The Bertz CT molecular complexity index is 501. The van der Waals surface area contributed by atoms with Crippen molar-refractivity contribution >= 4 is 23.8 Å². The Morgan fingerprint density at radius 2 is 2.05 bits per heavy atom. The van der Waals surface area contributed by atoms with Crippen molar-refractivity contribution < 1.29 is 14.7 Å². The first-order valence-corrected chi connectivity index (χ1v) is 8.21. The molecule has 0 saturated carbocycles. The van der Waals surface area contributed by atoms with Gasteiger partial charge in [0.25, 0.3) is 0 Å². The molecule has 114 valence electrons. The predicted molar refractivity (Wildman–Crippen MR) is 83.5 cm³/mol. The molecule has 2 amide bonds. The first-order valence-electron chi connectivity index (χ1n) is 7.06. The minimum Gasteiger partial charge on any atom is -0.481 e. The summed E-state index contributed by atoms with van der Waals surface area (Å²) in [5.74, 6) is 1.26. The molecule has 1 aromatic rings. The van der Waals surface area contributed by atoms with E-state index in [0.29, 0.717) is 6.54 Å². The summed E-state index contributed by atoms with van der Waals surface area (Å²) in [7, 11) is 0. The van der Waals surface area contributed by atoms with Crippen molar-refractivity contribution in [2.75, 3.05) is 11.5 Å². The molecule has 1 aliphatic heterocycles. The summed E-state index contributed by atoms with van der Waals surface area (Å²) in [5, 5.41) is 14.7. The quantitative estimate of drug-likeness (QED) is 0.777. The van der Waals surface area contributed by atoms with Crippen LogP contribution in [0.3, 0.4) is 0 Å². The second kappa shape index (κ2) is 7.93. The van der Waals surface area contributed by atoms with Crippen LogP contribution < -0.4 is 10.6 Å². The van der Waals surface area contributed by atoms with E-state index in [1.807, 2.05) is 23.9 Å². The number of rotatable bonds is 5. The van der Waals surface area contributed by atoms with Crippen LogP contribution in [-0.4, -0.2) is 34.7 Å². The second-order valence-electron chi connectivity index (χ2n) is 5.08. The first kappa shape index (κ1) is 15.7. The smallest absolute Gasteiger partial charge is 0.315 e. The highest BCUT2D eigenvalue weighted by molar-refractivity contribution is 7.99. The lowest BCUT2D eigenvalue weighted by molar-refractivity contribution is -0.136. The number of carboxylic acid groups (broad SMARTS) is 1. The zero-order valence-corrected chi connectivity index (χ0v) is 12.6. The first-order chi connectivity index (χ1) is 10.1. The Kier molecular flexibility index (Phi) is 5.92. The molecule has 1 atom stereocenters. The third kappa shape index (κ3) is 5.30. The molecular formula is C15H20N2O3S. The summed E-state index contributed by atoms with van der Waals surface area (Å²) >= 11 is 1.86. The number of carbonyl (C=O) groups excluding carboxylic acids is 1. The van der Waals surface area contributed by atoms with E-state index in [0.717, 1.165) is 29.7 Å². The van der Waals surface area contributed by atoms with E-state index < -0.39 is 5.97 Å². The van der Waals surface area contributed by atoms with Crippen LogP contribution in [0, 0.1) is 0 Å². The van der Waals surface area contributed by atoms with Crippen molar-refractivity contribution in [2.45, 2.75) is 31.8 Å². The van der Waals surface area contributed by atoms with Crippen LogP contribution in [0.4, 0.5) is 4.79 Å². The maximum atomic E-state index is 11.9. The largest absolute Gasteiger partial charge is 0.481 e. The highest BCUT2D eigenvalue weighted by atomic mass is 32.2. The van der Waals surface area contributed by atoms with Crippen LogP contribution in [0.5, 0.6) is 0 Å². The third-order valence-corrected chi connectivity index (χ3v) is 4.61. The highest BCUT2D eigenvalue weighted by Crippen LogP contribution is 2.16. The number of aliphatic carboxylic acids is 1. The van der Waals surface area contributed by atoms with Crippen molar-refractivity contribution in [1.82, 2.24) is 10.6 Å². The van der Waals surface area contributed by atoms with Crippen molar-refractivity contribution in [3.05, 3.63) is 35.4 Å². The summed E-state index contributed by atoms with van der Waals surface area (Å²) in [6, 6.07) is 7.32. The zero-order chi connectivity index (χ0) is 15.1. The number of hydrogen-bond donors (Lipinski definition) is 3. The molecular weight excluding hydrogens is 288 g/mol. The predicted octanol–water partition coefficient (Wildman–Crippen LogP) is 2.01. The fourth-order valence-corrected chi connectivity index (χ4v) is 3.40. The maximum Gasteiger partial charge on any atom is 0.315 e. The molecule has 1 aromatic carbocycles. The number of carbonyl (C=O) groups is 2. The van der Waals surface area contributed by atoms with E-state index in [9.17, 15) is 9.59 Å². The molecule has 0 radical (unpaired) electrons. The fourth-order valence-electron chi connectivity index (χ4n) is 2.33. The number of hydrogen-bond acceptors (Lipinski definition) is 3. The molecule has 1 aliphatic rings. The number of urea groups is 1. The van der Waals surface area contributed by atoms with Gasteiger partial charge < -0.3 is 15.7 Å². The minimum atomic E-state index is -0.869. The Balaban J connectivity index is 1.84. The van der Waals surface area contributed by atoms with Gasteiger partial charge in [0.15, 0.2) is 0 Å². The van der Waals surface area contributed by atoms with Crippen molar-refractivity contribution in [3.8, 4) is 0 Å². The summed E-state index contributed by atoms with van der Waals surface area (Å²) in [4.78, 5) is 22.7. The van der Waals surface area contributed by atoms with Crippen LogP contribution >= 0.6 is 11.8 Å². The van der Waals surface area contributed by atoms with E-state index >= 15 is 0 Å². The molecule has 0 aromatic heterocycles. The molecule has 1 saturated heterocycles. The van der Waals surface area contributed by atoms with Gasteiger partial charge in [0.05, 0.1) is 6.42 Å². The third-order valence-electron chi connectivity index (χ3n) is 3.39. The van der Waals surface area contributed by atoms with Crippen molar-refractivity contribution in [2.24, 2.45) is 0 Å². The molecule has 0 bridgehead atoms. The molecule has 1 fully saturated rings. The van der Waals surface area contributed by atoms with Crippen LogP contribution in [-0.2, 0) is 17.8 Å². The van der Waals surface area contributed by atoms with E-state index in [-0.39, 0.29) is 18.5 Å². The van der Waals surface area contributed by atoms with Gasteiger partial charge >= 0.3 is 12.0 Å². The number of benzene rings is 1. The van der Waals surface area contributed by atoms with E-state index in [1.54, 1.807) is 12.1 Å². The second-order valence-corrected chi connectivity index (χ2v) is 6.23. The zero-order valence-electron chi connectivity index (χ0n) is 11.8. The van der Waals surface area contributed by atoms with Gasteiger partial charge in [0.2, 0.25) is 0 Å². The van der Waals surface area contributed by atoms with Crippen LogP contribution in [0.25, 0.3) is 0 Å². The average molecular weight is 308 g/mol. The highest BCUT2D eigenvalue weighted by Gasteiger charge is 2.16. The van der Waals surface area contributed by atoms with Gasteiger partial charge in [0, 0.05) is 18.3 Å². The van der Waals surface area contributed by atoms with Gasteiger partial charge in [-0.2, -0.15) is 11.8 Å². The standard InChI is InChI=1S/C15H20N2O3S/c18-14(19)8-11-4-1-2-5-12(11)9-16-15(20)17-13-6-3-7-21-10-13/h1-2,4-5,13H,3,6-10H2,(H,18,19)(H2,16,17,20). The lowest BCUT2D eigenvalue weighted by atomic mass is 10.0. The van der Waals surface area contributed by atoms with Crippen LogP contribution in [0.15, 0.2) is 24.3 Å². The molecule has 3 N–H and O–H groups in total. The summed E-state index contributed by atoms with van der Waals surface area (Å²) in [5.41, 5.74) is 1.58. The maximum absolute atomic E-state index is 11.9. The molecule has 2 rings (SSSR count). The van der Waals surface area contributed by atoms with Crippen LogP contribution in [0.2, 0.25) is 0 Å². The Labute approximate surface area is 128 Å². The van der Waals surface area contributed by atoms with E-state index in [2.05, 4.69) is 10.6 Å². The number of carboxylic acids is 1. The Morgan fingerprint density at radius 1 is 1.29 bits per heavy atom. The monoisotopic (exact) mass is 308 g/mol. The van der Waals surface area contributed by atoms with Gasteiger partial charge in [-0.15, -0.1) is 0 Å². The van der Waals surface area contributed by atoms with Crippen molar-refractivity contribution in [1.29, 1.82) is 0 Å². The molecule has 0 aliphatic carbocycles. The number of nitrogens with one attached hydrogen (secondary N) is 2. The summed E-state index contributed by atoms with van der Waals surface area (Å²) < 4.78 is 0. The van der Waals surface area contributed by atoms with E-state index in [1.165, 1.54) is 5.75 Å². The van der Waals surface area contributed by atoms with Gasteiger partial charge in [-0.1, -0.05) is 24.3 Å². The topological polar surface area (TPSA) is 78.4 Å². The van der Waals surface area contributed by atoms with Gasteiger partial charge in [-0.3, -0.25) is 4.79 Å². The molecule has 5 nitrogen and oxygen atoms in total. The number of thioether (sulfide) groups is 1. The molecule has 6 heteroatoms. The molecule has 0 spiro atoms. The normalized spacial score (nSPS) is 18.0. The molecule has 1 unspecified atom stereocenters. The Morgan fingerprint density at radius 3 is 2.71 bits per heavy atom. The van der Waals surface area contributed by atoms with Crippen LogP contribution in [0.1, 0.15) is 24.0 Å². The molecule has 21 heavy (non-hydrogen) atoms. The van der Waals surface area contributed by atoms with Crippen molar-refractivity contribution in [3.63, 3.8) is 0 Å². The number of amides is 2. The minimum absolute atomic E-state index is 0.0290. The lowest BCUT2D eigenvalue weighted by Gasteiger charge is -2.22. The van der Waals surface area contributed by atoms with Gasteiger partial charge in [0.1, 0.15) is 0 Å². The van der Waals surface area contributed by atoms with Gasteiger partial charge in [-0.25, -0.2) is 4.79 Å². The average Bonchev–Trinajstić information content (AvgIpc) is 2.47. The SMILES string of the molecule is O=C(O)Cc1ccccc1CNC(=O)NC1CCCSC1. The van der Waals surface area contributed by atoms with Gasteiger partial charge in [-0.05, 0) is 29.7 Å². The fraction of sp³-hybridized carbons (Fsp3) is 0.467. The van der Waals surface area contributed by atoms with E-state index in [4.69, 9.17) is 5.11 Å². The summed E-state index contributed by atoms with van der Waals surface area (Å²) in [6.45, 7) is 0.342. The Hall–Kier alpha value is -1.69. The lowest BCUT2D eigenvalue weighted by Crippen LogP contribution is -2.44.